The van der Waals surface area contributed by atoms with Crippen LogP contribution in [-0.2, 0) is 44.3 Å². The minimum absolute atomic E-state index is 0.0343. The summed E-state index contributed by atoms with van der Waals surface area (Å²) in [7, 11) is -7.43. The average Bonchev–Trinajstić information content (AvgIpc) is 3.73. The number of benzene rings is 2. The van der Waals surface area contributed by atoms with E-state index in [0.29, 0.717) is 32.0 Å². The van der Waals surface area contributed by atoms with Crippen LogP contribution in [0.15, 0.2) is 59.5 Å². The van der Waals surface area contributed by atoms with Crippen LogP contribution in [0.25, 0.3) is 0 Å². The van der Waals surface area contributed by atoms with Gasteiger partial charge in [0, 0.05) is 13.1 Å². The Balaban J connectivity index is 1.48. The van der Waals surface area contributed by atoms with E-state index in [-0.39, 0.29) is 49.2 Å². The molecule has 4 rings (SSSR count). The van der Waals surface area contributed by atoms with Crippen LogP contribution in [0.1, 0.15) is 65.4 Å². The second kappa shape index (κ2) is 20.1. The van der Waals surface area contributed by atoms with Gasteiger partial charge in [0.1, 0.15) is 11.9 Å². The summed E-state index contributed by atoms with van der Waals surface area (Å²) in [5.74, 6) is 0.329. The molecule has 0 aromatic heterocycles. The van der Waals surface area contributed by atoms with Crippen molar-refractivity contribution in [2.75, 3.05) is 45.9 Å². The summed E-state index contributed by atoms with van der Waals surface area (Å²) >= 11 is 0. The molecule has 0 saturated carbocycles. The molecule has 2 fully saturated rings. The molecule has 2 aliphatic rings. The van der Waals surface area contributed by atoms with E-state index in [4.69, 9.17) is 28.0 Å². The summed E-state index contributed by atoms with van der Waals surface area (Å²) in [6, 6.07) is 14.1. The Kier molecular flexibility index (Phi) is 16.2. The Morgan fingerprint density at radius 1 is 1.00 bits per heavy atom. The molecule has 15 heteroatoms. The zero-order valence-electron chi connectivity index (χ0n) is 30.2. The van der Waals surface area contributed by atoms with Gasteiger partial charge in [-0.15, -0.1) is 0 Å². The Hall–Kier alpha value is -2.55. The van der Waals surface area contributed by atoms with Crippen LogP contribution < -0.4 is 10.1 Å². The minimum atomic E-state index is -3.95. The predicted molar refractivity (Wildman–Crippen MR) is 192 cm³/mol. The van der Waals surface area contributed by atoms with Gasteiger partial charge in [-0.2, -0.15) is 4.31 Å². The minimum Gasteiger partial charge on any atom is -0.481 e. The lowest BCUT2D eigenvalue weighted by Gasteiger charge is -2.31. The highest BCUT2D eigenvalue weighted by Gasteiger charge is 2.44. The molecular weight excluding hydrogens is 699 g/mol. The van der Waals surface area contributed by atoms with Crippen molar-refractivity contribution in [3.05, 3.63) is 60.2 Å². The molecule has 0 aliphatic carbocycles. The van der Waals surface area contributed by atoms with Gasteiger partial charge in [-0.3, -0.25) is 4.57 Å². The van der Waals surface area contributed by atoms with Gasteiger partial charge in [0.05, 0.1) is 49.4 Å². The number of unbranched alkanes of at least 4 members (excludes halogenated alkanes) is 2. The number of aliphatic hydroxyl groups excluding tert-OH is 1. The smallest absolute Gasteiger partial charge is 0.407 e. The number of alkyl carbamates (subject to hydrolysis) is 1. The van der Waals surface area contributed by atoms with Crippen molar-refractivity contribution in [2.24, 2.45) is 11.8 Å². The molecule has 2 aromatic carbocycles. The van der Waals surface area contributed by atoms with Gasteiger partial charge in [-0.25, -0.2) is 13.2 Å². The summed E-state index contributed by atoms with van der Waals surface area (Å²) < 4.78 is 75.9. The Morgan fingerprint density at radius 3 is 2.29 bits per heavy atom. The molecule has 0 radical (unpaired) electrons. The van der Waals surface area contributed by atoms with Crippen LogP contribution in [-0.4, -0.2) is 94.3 Å². The molecule has 0 bridgehead atoms. The number of hydrogen-bond donors (Lipinski definition) is 2. The standard InChI is InChI=1S/C36H55N2O11PS/c1-5-7-19-47-50(41,48-20-8-6-2)26-46-29-16-14-28(15-17-29)22-32(37-36(40)49-34-25-45-35-31(34)18-21-44-35)33(39)24-38(23-27(3)4)51(42,43)30-12-10-9-11-13-30/h9-17,27,31-35,39H,5-8,18-26H2,1-4H3,(H,37,40)/t31-,32-,33+,34-,35+/m0/s1. The summed E-state index contributed by atoms with van der Waals surface area (Å²) in [4.78, 5) is 13.4. The van der Waals surface area contributed by atoms with E-state index in [9.17, 15) is 22.9 Å². The van der Waals surface area contributed by atoms with Crippen LogP contribution in [0.5, 0.6) is 5.75 Å². The van der Waals surface area contributed by atoms with Gasteiger partial charge < -0.3 is 38.4 Å². The number of ether oxygens (including phenoxy) is 4. The molecule has 5 atom stereocenters. The molecule has 13 nitrogen and oxygen atoms in total. The average molecular weight is 755 g/mol. The third-order valence-electron chi connectivity index (χ3n) is 8.69. The number of hydrogen-bond acceptors (Lipinski definition) is 11. The number of amides is 1. The Bertz CT molecular complexity index is 1480. The quantitative estimate of drug-likeness (QED) is 0.108. The first-order valence-electron chi connectivity index (χ1n) is 18.0. The van der Waals surface area contributed by atoms with Crippen LogP contribution in [0.2, 0.25) is 0 Å². The normalized spacial score (nSPS) is 20.3. The lowest BCUT2D eigenvalue weighted by Crippen LogP contribution is -2.51. The van der Waals surface area contributed by atoms with Crippen LogP contribution in [0.4, 0.5) is 4.79 Å². The molecule has 0 unspecified atom stereocenters. The summed E-state index contributed by atoms with van der Waals surface area (Å²) in [5, 5.41) is 14.4. The van der Waals surface area contributed by atoms with E-state index in [1.165, 1.54) is 16.4 Å². The van der Waals surface area contributed by atoms with Gasteiger partial charge in [-0.1, -0.05) is 70.9 Å². The Morgan fingerprint density at radius 2 is 1.67 bits per heavy atom. The number of nitrogens with zero attached hydrogens (tertiary/aromatic N) is 1. The van der Waals surface area contributed by atoms with E-state index >= 15 is 0 Å². The second-order valence-corrected chi connectivity index (χ2v) is 17.4. The van der Waals surface area contributed by atoms with Gasteiger partial charge in [0.25, 0.3) is 0 Å². The highest BCUT2D eigenvalue weighted by molar-refractivity contribution is 7.89. The molecule has 2 aromatic rings. The summed E-state index contributed by atoms with van der Waals surface area (Å²) in [5.41, 5.74) is 0.725. The first kappa shape index (κ1) is 41.2. The zero-order chi connectivity index (χ0) is 36.9. The summed E-state index contributed by atoms with van der Waals surface area (Å²) in [6.07, 6.45) is 0.933. The third-order valence-corrected chi connectivity index (χ3v) is 12.1. The van der Waals surface area contributed by atoms with Gasteiger partial charge in [-0.05, 0) is 61.4 Å². The molecule has 2 N–H and O–H groups in total. The lowest BCUT2D eigenvalue weighted by molar-refractivity contribution is -0.0907. The fraction of sp³-hybridized carbons (Fsp3) is 0.639. The highest BCUT2D eigenvalue weighted by atomic mass is 32.2. The SMILES string of the molecule is CCCCOP(=O)(COc1ccc(C[C@H](NC(=O)O[C@H]2CO[C@H]3OCC[C@H]32)[C@H](O)CN(CC(C)C)S(=O)(=O)c2ccccc2)cc1)OCCCC. The fourth-order valence-electron chi connectivity index (χ4n) is 5.85. The van der Waals surface area contributed by atoms with Crippen molar-refractivity contribution in [3.8, 4) is 5.75 Å². The van der Waals surface area contributed by atoms with E-state index < -0.39 is 48.3 Å². The molecule has 286 valence electrons. The molecule has 2 aliphatic heterocycles. The van der Waals surface area contributed by atoms with Crippen molar-refractivity contribution in [2.45, 2.75) is 95.7 Å². The predicted octanol–water partition coefficient (Wildman–Crippen LogP) is 5.96. The number of fused-ring (bicyclic) bond motifs is 1. The number of nitrogens with one attached hydrogen (secondary N) is 1. The molecule has 0 spiro atoms. The van der Waals surface area contributed by atoms with E-state index in [1.807, 2.05) is 27.7 Å². The number of sulfonamides is 1. The maximum Gasteiger partial charge on any atom is 0.407 e. The van der Waals surface area contributed by atoms with Crippen molar-refractivity contribution in [1.29, 1.82) is 0 Å². The molecule has 1 amide bonds. The van der Waals surface area contributed by atoms with Crippen molar-refractivity contribution in [1.82, 2.24) is 9.62 Å². The number of carbonyl (C=O) groups is 1. The zero-order valence-corrected chi connectivity index (χ0v) is 31.9. The van der Waals surface area contributed by atoms with Gasteiger partial charge in [0.15, 0.2) is 12.6 Å². The first-order valence-corrected chi connectivity index (χ1v) is 21.1. The second-order valence-electron chi connectivity index (χ2n) is 13.4. The third kappa shape index (κ3) is 12.5. The lowest BCUT2D eigenvalue weighted by atomic mass is 10.0. The largest absolute Gasteiger partial charge is 0.481 e. The monoisotopic (exact) mass is 754 g/mol. The molecule has 51 heavy (non-hydrogen) atoms. The maximum atomic E-state index is 13.7. The van der Waals surface area contributed by atoms with Crippen LogP contribution >= 0.6 is 7.60 Å². The number of carbonyl (C=O) groups excluding carboxylic acids is 1. The van der Waals surface area contributed by atoms with Crippen molar-refractivity contribution < 1.29 is 50.9 Å². The van der Waals surface area contributed by atoms with Gasteiger partial charge in [0.2, 0.25) is 10.0 Å². The van der Waals surface area contributed by atoms with Crippen molar-refractivity contribution in [3.63, 3.8) is 0 Å². The molecule has 2 heterocycles. The van der Waals surface area contributed by atoms with E-state index in [0.717, 1.165) is 31.2 Å². The topological polar surface area (TPSA) is 159 Å². The van der Waals surface area contributed by atoms with E-state index in [2.05, 4.69) is 5.32 Å². The van der Waals surface area contributed by atoms with Gasteiger partial charge >= 0.3 is 13.7 Å². The molecule has 2 saturated heterocycles. The fourth-order valence-corrected chi connectivity index (χ4v) is 8.83. The maximum absolute atomic E-state index is 13.7. The van der Waals surface area contributed by atoms with Crippen LogP contribution in [0.3, 0.4) is 0 Å². The number of rotatable bonds is 22. The van der Waals surface area contributed by atoms with Crippen LogP contribution in [0, 0.1) is 11.8 Å². The van der Waals surface area contributed by atoms with E-state index in [1.54, 1.807) is 42.5 Å². The first-order chi connectivity index (χ1) is 24.4. The van der Waals surface area contributed by atoms with Crippen molar-refractivity contribution >= 4 is 23.7 Å². The Labute approximate surface area is 302 Å². The summed E-state index contributed by atoms with van der Waals surface area (Å²) in [6.45, 7) is 9.07. The highest BCUT2D eigenvalue weighted by Crippen LogP contribution is 2.48. The molecular formula is C36H55N2O11PS. The number of aliphatic hydroxyl groups is 1.